The Morgan fingerprint density at radius 3 is 1.92 bits per heavy atom. The van der Waals surface area contributed by atoms with Crippen molar-refractivity contribution in [3.05, 3.63) is 107 Å². The van der Waals surface area contributed by atoms with E-state index >= 15 is 4.39 Å². The third-order valence-electron chi connectivity index (χ3n) is 6.41. The molecule has 0 saturated carbocycles. The molecule has 4 aromatic rings. The number of rotatable bonds is 8. The molecule has 0 spiro atoms. The lowest BCUT2D eigenvalue weighted by molar-refractivity contribution is -0.193. The van der Waals surface area contributed by atoms with Gasteiger partial charge in [-0.3, -0.25) is 10.2 Å². The molecule has 0 aliphatic heterocycles. The molecule has 0 bridgehead atoms. The highest BCUT2D eigenvalue weighted by molar-refractivity contribution is 5.99. The normalized spacial score (nSPS) is 11.6. The first-order valence-electron chi connectivity index (χ1n) is 13.7. The number of benzene rings is 3. The Labute approximate surface area is 273 Å². The average molecular weight is 699 g/mol. The summed E-state index contributed by atoms with van der Waals surface area (Å²) in [6.07, 6.45) is -7.61. The number of alkyl halides is 6. The van der Waals surface area contributed by atoms with Crippen LogP contribution >= 0.6 is 0 Å². The molecular weight excluding hydrogens is 669 g/mol. The van der Waals surface area contributed by atoms with E-state index in [4.69, 9.17) is 41.7 Å². The number of amides is 1. The molecule has 1 heterocycles. The van der Waals surface area contributed by atoms with E-state index in [0.29, 0.717) is 39.5 Å². The number of primary amides is 1. The summed E-state index contributed by atoms with van der Waals surface area (Å²) in [5.41, 5.74) is 15.4. The largest absolute Gasteiger partial charge is 0.490 e. The minimum atomic E-state index is -5.08. The quantitative estimate of drug-likeness (QED) is 0.0772. The molecule has 1 unspecified atom stereocenters. The van der Waals surface area contributed by atoms with Crippen molar-refractivity contribution in [3.63, 3.8) is 0 Å². The van der Waals surface area contributed by atoms with E-state index in [1.54, 1.807) is 54.7 Å². The van der Waals surface area contributed by atoms with E-state index in [9.17, 15) is 31.1 Å². The Morgan fingerprint density at radius 2 is 1.45 bits per heavy atom. The van der Waals surface area contributed by atoms with Crippen molar-refractivity contribution in [1.82, 2.24) is 9.55 Å². The molecule has 0 aliphatic rings. The second kappa shape index (κ2) is 16.2. The van der Waals surface area contributed by atoms with Crippen molar-refractivity contribution >= 4 is 29.4 Å². The third kappa shape index (κ3) is 11.1. The zero-order valence-corrected chi connectivity index (χ0v) is 25.5. The molecule has 4 rings (SSSR count). The second-order valence-corrected chi connectivity index (χ2v) is 9.89. The molecule has 262 valence electrons. The maximum Gasteiger partial charge on any atom is 0.490 e. The summed E-state index contributed by atoms with van der Waals surface area (Å²) in [5.74, 6) is -5.89. The zero-order chi connectivity index (χ0) is 37.3. The molecule has 18 heteroatoms. The summed E-state index contributed by atoms with van der Waals surface area (Å²) in [5, 5.41) is 25.2. The van der Waals surface area contributed by atoms with Gasteiger partial charge in [0.15, 0.2) is 0 Å². The number of nitrogens with one attached hydrogen (secondary N) is 2. The number of anilines is 1. The van der Waals surface area contributed by atoms with Crippen LogP contribution in [-0.4, -0.2) is 55.8 Å². The van der Waals surface area contributed by atoms with Crippen molar-refractivity contribution in [1.29, 1.82) is 5.41 Å². The van der Waals surface area contributed by atoms with Gasteiger partial charge in [-0.25, -0.2) is 19.0 Å². The van der Waals surface area contributed by atoms with E-state index < -0.39 is 36.2 Å². The van der Waals surface area contributed by atoms with Gasteiger partial charge in [-0.1, -0.05) is 37.3 Å². The Kier molecular flexibility index (Phi) is 13.0. The van der Waals surface area contributed by atoms with Gasteiger partial charge >= 0.3 is 24.3 Å². The number of amidine groups is 1. The number of carboxylic acids is 2. The van der Waals surface area contributed by atoms with Crippen LogP contribution in [-0.2, 0) is 23.1 Å². The van der Waals surface area contributed by atoms with Crippen LogP contribution in [0.3, 0.4) is 0 Å². The molecule has 0 aliphatic carbocycles. The molecular formula is C31H29F7N6O5. The van der Waals surface area contributed by atoms with E-state index in [-0.39, 0.29) is 11.7 Å². The summed E-state index contributed by atoms with van der Waals surface area (Å²) in [4.78, 5) is 34.6. The lowest BCUT2D eigenvalue weighted by atomic mass is 10.0. The number of carbonyl (C=O) groups excluding carboxylic acids is 1. The van der Waals surface area contributed by atoms with Gasteiger partial charge in [0.25, 0.3) is 0 Å². The zero-order valence-electron chi connectivity index (χ0n) is 25.5. The topological polar surface area (TPSA) is 197 Å². The Hall–Kier alpha value is -5.94. The standard InChI is InChI=1S/C27H27FN6O.2C2HF3O2/c1-3-16-8-13-22(28)21(14-16)24(32-18-11-9-17(10-12-18)25(29)30)27-33-23(15-34(27)2)19-6-4-5-7-20(19)26(31)35;2*3-2(4,5)1(6)7/h4-15,24,32H,3H2,1-2H3,(H3,29,30)(H2,31,35);2*(H,6,7). The van der Waals surface area contributed by atoms with Crippen LogP contribution < -0.4 is 16.8 Å². The van der Waals surface area contributed by atoms with Crippen molar-refractivity contribution in [2.24, 2.45) is 18.5 Å². The van der Waals surface area contributed by atoms with E-state index in [1.807, 2.05) is 30.7 Å². The van der Waals surface area contributed by atoms with Gasteiger partial charge in [0.1, 0.15) is 23.5 Å². The van der Waals surface area contributed by atoms with Crippen LogP contribution in [0.25, 0.3) is 11.3 Å². The van der Waals surface area contributed by atoms with Gasteiger partial charge in [0, 0.05) is 41.2 Å². The molecule has 8 N–H and O–H groups in total. The highest BCUT2D eigenvalue weighted by Crippen LogP contribution is 2.32. The van der Waals surface area contributed by atoms with Crippen molar-refractivity contribution in [3.8, 4) is 11.3 Å². The fourth-order valence-electron chi connectivity index (χ4n) is 4.03. The van der Waals surface area contributed by atoms with E-state index in [1.165, 1.54) is 6.07 Å². The summed E-state index contributed by atoms with van der Waals surface area (Å²) in [6.45, 7) is 2.01. The molecule has 0 saturated heterocycles. The lowest BCUT2D eigenvalue weighted by Gasteiger charge is -2.22. The summed E-state index contributed by atoms with van der Waals surface area (Å²) < 4.78 is 80.4. The van der Waals surface area contributed by atoms with Crippen LogP contribution in [0.2, 0.25) is 0 Å². The van der Waals surface area contributed by atoms with Gasteiger partial charge in [-0.05, 0) is 48.4 Å². The molecule has 0 radical (unpaired) electrons. The molecule has 1 amide bonds. The predicted molar refractivity (Wildman–Crippen MR) is 163 cm³/mol. The van der Waals surface area contributed by atoms with Gasteiger partial charge in [0.05, 0.1) is 5.69 Å². The highest BCUT2D eigenvalue weighted by atomic mass is 19.4. The first kappa shape index (κ1) is 39.2. The van der Waals surface area contributed by atoms with Crippen molar-refractivity contribution < 1.29 is 55.3 Å². The lowest BCUT2D eigenvalue weighted by Crippen LogP contribution is -2.21. The second-order valence-electron chi connectivity index (χ2n) is 9.89. The summed E-state index contributed by atoms with van der Waals surface area (Å²) >= 11 is 0. The van der Waals surface area contributed by atoms with Gasteiger partial charge in [-0.15, -0.1) is 0 Å². The first-order valence-corrected chi connectivity index (χ1v) is 13.7. The Bertz CT molecular complexity index is 1780. The fourth-order valence-corrected chi connectivity index (χ4v) is 4.03. The van der Waals surface area contributed by atoms with Gasteiger partial charge in [0.2, 0.25) is 5.91 Å². The number of halogens is 7. The van der Waals surface area contributed by atoms with E-state index in [2.05, 4.69) is 5.32 Å². The van der Waals surface area contributed by atoms with Crippen LogP contribution in [0, 0.1) is 11.2 Å². The number of nitrogen functional groups attached to an aromatic ring is 1. The van der Waals surface area contributed by atoms with Crippen LogP contribution in [0.15, 0.2) is 72.9 Å². The van der Waals surface area contributed by atoms with Crippen LogP contribution in [0.4, 0.5) is 36.4 Å². The predicted octanol–water partition coefficient (Wildman–Crippen LogP) is 5.64. The number of hydrogen-bond donors (Lipinski definition) is 6. The van der Waals surface area contributed by atoms with Gasteiger partial charge < -0.3 is 31.6 Å². The highest BCUT2D eigenvalue weighted by Gasteiger charge is 2.39. The number of hydrogen-bond acceptors (Lipinski definition) is 6. The SMILES string of the molecule is CCc1ccc(F)c(C(Nc2ccc(C(=N)N)cc2)c2nc(-c3ccccc3C(N)=O)cn2C)c1.O=C(O)C(F)(F)F.O=C(O)C(F)(F)F. The first-order chi connectivity index (χ1) is 22.7. The van der Waals surface area contributed by atoms with Crippen LogP contribution in [0.1, 0.15) is 45.8 Å². The Morgan fingerprint density at radius 1 is 0.918 bits per heavy atom. The number of carboxylic acid groups (broad SMARTS) is 2. The monoisotopic (exact) mass is 698 g/mol. The van der Waals surface area contributed by atoms with E-state index in [0.717, 1.165) is 12.0 Å². The minimum absolute atomic E-state index is 0.0309. The number of imidazole rings is 1. The molecule has 1 aromatic heterocycles. The number of nitrogens with zero attached hydrogens (tertiary/aromatic N) is 2. The number of aromatic nitrogens is 2. The minimum Gasteiger partial charge on any atom is -0.475 e. The molecule has 49 heavy (non-hydrogen) atoms. The number of nitrogens with two attached hydrogens (primary N) is 2. The Balaban J connectivity index is 0.000000500. The molecule has 1 atom stereocenters. The molecule has 3 aromatic carbocycles. The number of aliphatic carboxylic acids is 2. The van der Waals surface area contributed by atoms with Crippen molar-refractivity contribution in [2.75, 3.05) is 5.32 Å². The summed E-state index contributed by atoms with van der Waals surface area (Å²) in [6, 6.07) is 18.5. The maximum absolute atomic E-state index is 15.2. The molecule has 11 nitrogen and oxygen atoms in total. The number of carbonyl (C=O) groups is 3. The molecule has 0 fully saturated rings. The number of aryl methyl sites for hydroxylation is 2. The fraction of sp³-hybridized carbons (Fsp3) is 0.194. The third-order valence-corrected chi connectivity index (χ3v) is 6.41. The van der Waals surface area contributed by atoms with Crippen molar-refractivity contribution in [2.45, 2.75) is 31.7 Å². The van der Waals surface area contributed by atoms with Gasteiger partial charge in [-0.2, -0.15) is 26.3 Å². The smallest absolute Gasteiger partial charge is 0.475 e. The van der Waals surface area contributed by atoms with Crippen LogP contribution in [0.5, 0.6) is 0 Å². The summed E-state index contributed by atoms with van der Waals surface area (Å²) in [7, 11) is 1.83. The average Bonchev–Trinajstić information content (AvgIpc) is 3.41. The maximum atomic E-state index is 15.2.